The lowest BCUT2D eigenvalue weighted by atomic mass is 10.0. The first-order valence-electron chi connectivity index (χ1n) is 7.26. The second-order valence-corrected chi connectivity index (χ2v) is 7.30. The molecule has 1 aliphatic rings. The molecule has 2 aromatic heterocycles. The second-order valence-electron chi connectivity index (χ2n) is 6.19. The second kappa shape index (κ2) is 5.83. The molecule has 3 rings (SSSR count). The fraction of sp³-hybridized carbons (Fsp3) is 0.500. The van der Waals surface area contributed by atoms with Crippen molar-refractivity contribution in [2.24, 2.45) is 0 Å². The van der Waals surface area contributed by atoms with Crippen LogP contribution in [0.3, 0.4) is 0 Å². The number of nitrogens with zero attached hydrogens (tertiary/aromatic N) is 3. The van der Waals surface area contributed by atoms with E-state index in [2.05, 4.69) is 41.7 Å². The number of hydrogen-bond donors (Lipinski definition) is 0. The first kappa shape index (κ1) is 14.6. The maximum Gasteiger partial charge on any atom is 0.125 e. The van der Waals surface area contributed by atoms with Crippen molar-refractivity contribution in [1.29, 1.82) is 0 Å². The molecule has 1 aliphatic heterocycles. The molecule has 0 aliphatic carbocycles. The van der Waals surface area contributed by atoms with Crippen LogP contribution in [0.4, 0.5) is 0 Å². The highest BCUT2D eigenvalue weighted by Crippen LogP contribution is 2.29. The molecule has 0 spiro atoms. The third-order valence-corrected chi connectivity index (χ3v) is 4.89. The van der Waals surface area contributed by atoms with Crippen molar-refractivity contribution in [1.82, 2.24) is 14.9 Å². The molecule has 0 aromatic carbocycles. The molecule has 0 N–H and O–H groups in total. The standard InChI is InChI=1S/C16H21N3OS/c1-12-9-19(16(2,3)11-20-12)10-14-8-18-15(21-14)13-5-4-6-17-7-13/h4-8,12H,9-11H2,1-3H3/t12-/m0/s1. The Hall–Kier alpha value is -1.30. The van der Waals surface area contributed by atoms with Crippen LogP contribution in [0.5, 0.6) is 0 Å². The van der Waals surface area contributed by atoms with Gasteiger partial charge in [0.15, 0.2) is 0 Å². The summed E-state index contributed by atoms with van der Waals surface area (Å²) in [6, 6.07) is 4.00. The van der Waals surface area contributed by atoms with Gasteiger partial charge in [0, 0.05) is 47.7 Å². The molecule has 4 nitrogen and oxygen atoms in total. The molecule has 0 radical (unpaired) electrons. The van der Waals surface area contributed by atoms with Crippen molar-refractivity contribution in [3.05, 3.63) is 35.6 Å². The predicted molar refractivity (Wildman–Crippen MR) is 85.2 cm³/mol. The molecule has 0 unspecified atom stereocenters. The van der Waals surface area contributed by atoms with E-state index in [4.69, 9.17) is 4.74 Å². The van der Waals surface area contributed by atoms with Gasteiger partial charge in [-0.3, -0.25) is 9.88 Å². The molecule has 21 heavy (non-hydrogen) atoms. The van der Waals surface area contributed by atoms with Crippen molar-refractivity contribution in [2.75, 3.05) is 13.2 Å². The zero-order valence-corrected chi connectivity index (χ0v) is 13.6. The normalized spacial score (nSPS) is 22.3. The average Bonchev–Trinajstić information content (AvgIpc) is 2.93. The largest absolute Gasteiger partial charge is 0.375 e. The van der Waals surface area contributed by atoms with Crippen molar-refractivity contribution >= 4 is 11.3 Å². The van der Waals surface area contributed by atoms with Crippen molar-refractivity contribution in [3.63, 3.8) is 0 Å². The number of thiazole rings is 1. The summed E-state index contributed by atoms with van der Waals surface area (Å²) in [7, 11) is 0. The first-order valence-corrected chi connectivity index (χ1v) is 8.08. The summed E-state index contributed by atoms with van der Waals surface area (Å²) in [6.45, 7) is 9.29. The first-order chi connectivity index (χ1) is 10.0. The highest BCUT2D eigenvalue weighted by atomic mass is 32.1. The van der Waals surface area contributed by atoms with Gasteiger partial charge in [-0.2, -0.15) is 0 Å². The summed E-state index contributed by atoms with van der Waals surface area (Å²) in [5, 5.41) is 1.04. The SMILES string of the molecule is C[C@H]1CN(Cc2cnc(-c3cccnc3)s2)C(C)(C)CO1. The summed E-state index contributed by atoms with van der Waals surface area (Å²) >= 11 is 1.75. The summed E-state index contributed by atoms with van der Waals surface area (Å²) in [5.41, 5.74) is 1.16. The lowest BCUT2D eigenvalue weighted by Gasteiger charge is -2.44. The molecule has 1 atom stereocenters. The van der Waals surface area contributed by atoms with Gasteiger partial charge in [-0.15, -0.1) is 11.3 Å². The number of aromatic nitrogens is 2. The van der Waals surface area contributed by atoms with Gasteiger partial charge in [0.2, 0.25) is 0 Å². The lowest BCUT2D eigenvalue weighted by molar-refractivity contribution is -0.0946. The van der Waals surface area contributed by atoms with E-state index < -0.39 is 0 Å². The Morgan fingerprint density at radius 1 is 1.43 bits per heavy atom. The van der Waals surface area contributed by atoms with E-state index in [0.717, 1.165) is 30.3 Å². The number of pyridine rings is 1. The highest BCUT2D eigenvalue weighted by Gasteiger charge is 2.33. The molecule has 2 aromatic rings. The Balaban J connectivity index is 1.75. The van der Waals surface area contributed by atoms with Crippen LogP contribution in [-0.4, -0.2) is 39.7 Å². The van der Waals surface area contributed by atoms with Gasteiger partial charge in [-0.25, -0.2) is 4.98 Å². The monoisotopic (exact) mass is 303 g/mol. The molecule has 0 saturated carbocycles. The van der Waals surface area contributed by atoms with Crippen molar-refractivity contribution < 1.29 is 4.74 Å². The Bertz CT molecular complexity index is 597. The van der Waals surface area contributed by atoms with Gasteiger partial charge >= 0.3 is 0 Å². The molecular formula is C16H21N3OS. The van der Waals surface area contributed by atoms with E-state index in [1.807, 2.05) is 18.5 Å². The number of hydrogen-bond acceptors (Lipinski definition) is 5. The predicted octanol–water partition coefficient (Wildman–Crippen LogP) is 3.20. The van der Waals surface area contributed by atoms with E-state index in [1.54, 1.807) is 17.5 Å². The van der Waals surface area contributed by atoms with Crippen molar-refractivity contribution in [3.8, 4) is 10.6 Å². The highest BCUT2D eigenvalue weighted by molar-refractivity contribution is 7.15. The summed E-state index contributed by atoms with van der Waals surface area (Å²) in [4.78, 5) is 12.5. The minimum absolute atomic E-state index is 0.0744. The van der Waals surface area contributed by atoms with Gasteiger partial charge in [-0.05, 0) is 32.9 Å². The maximum atomic E-state index is 5.77. The van der Waals surface area contributed by atoms with Gasteiger partial charge in [0.25, 0.3) is 0 Å². The zero-order chi connectivity index (χ0) is 14.9. The van der Waals surface area contributed by atoms with Gasteiger partial charge < -0.3 is 4.74 Å². The van der Waals surface area contributed by atoms with Crippen LogP contribution in [0.1, 0.15) is 25.6 Å². The molecular weight excluding hydrogens is 282 g/mol. The zero-order valence-electron chi connectivity index (χ0n) is 12.7. The van der Waals surface area contributed by atoms with E-state index in [0.29, 0.717) is 6.10 Å². The third kappa shape index (κ3) is 3.31. The van der Waals surface area contributed by atoms with Crippen LogP contribution in [0.25, 0.3) is 10.6 Å². The van der Waals surface area contributed by atoms with E-state index in [-0.39, 0.29) is 5.54 Å². The Morgan fingerprint density at radius 2 is 2.29 bits per heavy atom. The number of morpholine rings is 1. The fourth-order valence-corrected chi connectivity index (χ4v) is 3.44. The van der Waals surface area contributed by atoms with Crippen molar-refractivity contribution in [2.45, 2.75) is 39.0 Å². The maximum absolute atomic E-state index is 5.77. The smallest absolute Gasteiger partial charge is 0.125 e. The molecule has 0 bridgehead atoms. The van der Waals surface area contributed by atoms with Gasteiger partial charge in [0.1, 0.15) is 5.01 Å². The van der Waals surface area contributed by atoms with Crippen LogP contribution >= 0.6 is 11.3 Å². The van der Waals surface area contributed by atoms with E-state index in [1.165, 1.54) is 4.88 Å². The van der Waals surface area contributed by atoms with E-state index >= 15 is 0 Å². The number of rotatable bonds is 3. The minimum Gasteiger partial charge on any atom is -0.375 e. The summed E-state index contributed by atoms with van der Waals surface area (Å²) < 4.78 is 5.77. The molecule has 5 heteroatoms. The summed E-state index contributed by atoms with van der Waals surface area (Å²) in [6.07, 6.45) is 5.94. The molecule has 3 heterocycles. The molecule has 1 fully saturated rings. The molecule has 1 saturated heterocycles. The van der Waals surface area contributed by atoms with Crippen LogP contribution in [0.2, 0.25) is 0 Å². The molecule has 0 amide bonds. The topological polar surface area (TPSA) is 38.2 Å². The lowest BCUT2D eigenvalue weighted by Crippen LogP contribution is -2.54. The van der Waals surface area contributed by atoms with Crippen LogP contribution in [0.15, 0.2) is 30.7 Å². The van der Waals surface area contributed by atoms with Crippen LogP contribution < -0.4 is 0 Å². The number of ether oxygens (including phenoxy) is 1. The van der Waals surface area contributed by atoms with Crippen LogP contribution in [-0.2, 0) is 11.3 Å². The van der Waals surface area contributed by atoms with Gasteiger partial charge in [0.05, 0.1) is 12.7 Å². The third-order valence-electron chi connectivity index (χ3n) is 3.86. The Labute approximate surface area is 129 Å². The quantitative estimate of drug-likeness (QED) is 0.873. The van der Waals surface area contributed by atoms with E-state index in [9.17, 15) is 0 Å². The average molecular weight is 303 g/mol. The Kier molecular flexibility index (Phi) is 4.06. The Morgan fingerprint density at radius 3 is 3.05 bits per heavy atom. The van der Waals surface area contributed by atoms with Gasteiger partial charge in [-0.1, -0.05) is 0 Å². The fourth-order valence-electron chi connectivity index (χ4n) is 2.52. The molecule has 112 valence electrons. The van der Waals surface area contributed by atoms with Crippen LogP contribution in [0, 0.1) is 0 Å². The minimum atomic E-state index is 0.0744. The summed E-state index contributed by atoms with van der Waals surface area (Å²) in [5.74, 6) is 0.